The highest BCUT2D eigenvalue weighted by Gasteiger charge is 2.28. The minimum absolute atomic E-state index is 0.0463. The van der Waals surface area contributed by atoms with E-state index in [4.69, 9.17) is 16.1 Å². The molecule has 0 fully saturated rings. The van der Waals surface area contributed by atoms with Crippen LogP contribution in [0.15, 0.2) is 77.8 Å². The molecule has 0 amide bonds. The third-order valence-electron chi connectivity index (χ3n) is 4.44. The molecule has 2 aliphatic rings. The van der Waals surface area contributed by atoms with Gasteiger partial charge in [0.25, 0.3) is 0 Å². The van der Waals surface area contributed by atoms with Gasteiger partial charge in [0.2, 0.25) is 0 Å². The molecule has 3 heteroatoms. The molecule has 4 rings (SSSR count). The Kier molecular flexibility index (Phi) is 3.19. The monoisotopic (exact) mass is 299 g/mol. The van der Waals surface area contributed by atoms with Crippen LogP contribution in [0, 0.1) is 5.41 Å². The number of hydrogen-bond donors (Lipinski definition) is 2. The minimum atomic E-state index is 0.0463. The van der Waals surface area contributed by atoms with Crippen molar-refractivity contribution in [3.8, 4) is 0 Å². The van der Waals surface area contributed by atoms with Crippen LogP contribution in [0.25, 0.3) is 10.8 Å². The van der Waals surface area contributed by atoms with Gasteiger partial charge in [-0.1, -0.05) is 60.7 Å². The first kappa shape index (κ1) is 13.7. The Morgan fingerprint density at radius 1 is 0.957 bits per heavy atom. The van der Waals surface area contributed by atoms with E-state index in [1.165, 1.54) is 0 Å². The number of nitrogens with one attached hydrogen (secondary N) is 1. The highest BCUT2D eigenvalue weighted by atomic mass is 14.8. The predicted octanol–water partition coefficient (Wildman–Crippen LogP) is 4.03. The molecular formula is C20H17N3. The summed E-state index contributed by atoms with van der Waals surface area (Å²) in [5, 5.41) is 10.2. The molecule has 0 aromatic heterocycles. The Morgan fingerprint density at radius 3 is 2.57 bits per heavy atom. The van der Waals surface area contributed by atoms with E-state index in [0.29, 0.717) is 5.71 Å². The van der Waals surface area contributed by atoms with E-state index in [0.717, 1.165) is 27.7 Å². The number of allylic oxidation sites excluding steroid dienone is 4. The summed E-state index contributed by atoms with van der Waals surface area (Å²) in [5.74, 6) is 0.180. The second-order valence-corrected chi connectivity index (χ2v) is 5.84. The first-order valence-electron chi connectivity index (χ1n) is 7.71. The van der Waals surface area contributed by atoms with Crippen LogP contribution < -0.4 is 5.73 Å². The number of rotatable bonds is 2. The molecule has 0 spiro atoms. The van der Waals surface area contributed by atoms with Gasteiger partial charge < -0.3 is 5.73 Å². The van der Waals surface area contributed by atoms with Crippen LogP contribution in [-0.4, -0.2) is 17.5 Å². The molecule has 0 aliphatic heterocycles. The first-order chi connectivity index (χ1) is 11.2. The number of nitrogens with zero attached hydrogens (tertiary/aromatic N) is 1. The van der Waals surface area contributed by atoms with Gasteiger partial charge in [0.1, 0.15) is 0 Å². The average Bonchev–Trinajstić information content (AvgIpc) is 2.56. The fraction of sp³-hybridized carbons (Fsp3) is 0.100. The van der Waals surface area contributed by atoms with E-state index < -0.39 is 0 Å². The summed E-state index contributed by atoms with van der Waals surface area (Å²) >= 11 is 0. The molecule has 3 N–H and O–H groups in total. The van der Waals surface area contributed by atoms with Crippen LogP contribution in [0.1, 0.15) is 11.5 Å². The number of benzene rings is 2. The van der Waals surface area contributed by atoms with Crippen molar-refractivity contribution in [1.29, 1.82) is 5.41 Å². The van der Waals surface area contributed by atoms with Gasteiger partial charge in [-0.3, -0.25) is 10.4 Å². The maximum absolute atomic E-state index is 7.94. The van der Waals surface area contributed by atoms with E-state index in [1.807, 2.05) is 30.4 Å². The molecule has 0 heterocycles. The fourth-order valence-corrected chi connectivity index (χ4v) is 3.08. The second kappa shape index (κ2) is 5.36. The molecular weight excluding hydrogens is 282 g/mol. The molecule has 0 saturated carbocycles. The summed E-state index contributed by atoms with van der Waals surface area (Å²) in [7, 11) is 0. The number of nitrogens with two attached hydrogens (primary N) is 1. The van der Waals surface area contributed by atoms with Crippen LogP contribution in [0.3, 0.4) is 0 Å². The second-order valence-electron chi connectivity index (χ2n) is 5.84. The number of aliphatic imine (C=N–C) groups is 1. The number of anilines is 1. The van der Waals surface area contributed by atoms with Crippen LogP contribution in [0.5, 0.6) is 0 Å². The standard InChI is InChI=1S/C20H17N3/c21-17-7-3-4-8-19(17)23-18-12-11-15(18)16-10-9-13-5-1-2-6-14(13)20(16)22/h1-12,15,18,21H,22H2. The quantitative estimate of drug-likeness (QED) is 0.491. The highest BCUT2D eigenvalue weighted by Crippen LogP contribution is 2.38. The van der Waals surface area contributed by atoms with Gasteiger partial charge in [-0.2, -0.15) is 0 Å². The summed E-state index contributed by atoms with van der Waals surface area (Å²) < 4.78 is 0. The van der Waals surface area contributed by atoms with Crippen molar-refractivity contribution in [2.24, 2.45) is 4.99 Å². The largest absolute Gasteiger partial charge is 0.398 e. The van der Waals surface area contributed by atoms with Gasteiger partial charge in [0.05, 0.1) is 17.5 Å². The third-order valence-corrected chi connectivity index (χ3v) is 4.44. The van der Waals surface area contributed by atoms with Crippen LogP contribution in [0.2, 0.25) is 0 Å². The van der Waals surface area contributed by atoms with Gasteiger partial charge in [0.15, 0.2) is 0 Å². The zero-order chi connectivity index (χ0) is 15.8. The van der Waals surface area contributed by atoms with Crippen LogP contribution >= 0.6 is 0 Å². The lowest BCUT2D eigenvalue weighted by Gasteiger charge is -2.29. The lowest BCUT2D eigenvalue weighted by atomic mass is 9.81. The van der Waals surface area contributed by atoms with Gasteiger partial charge in [-0.05, 0) is 23.1 Å². The molecule has 2 atom stereocenters. The van der Waals surface area contributed by atoms with E-state index in [9.17, 15) is 0 Å². The molecule has 2 aromatic carbocycles. The van der Waals surface area contributed by atoms with Crippen LogP contribution in [0.4, 0.5) is 5.69 Å². The molecule has 0 saturated heterocycles. The SMILES string of the molecule is N=C1C=CC=CC1=NC1C=CC1c1ccc2ccccc2c1N. The summed E-state index contributed by atoms with van der Waals surface area (Å²) in [4.78, 5) is 4.71. The van der Waals surface area contributed by atoms with E-state index in [-0.39, 0.29) is 12.0 Å². The topological polar surface area (TPSA) is 62.2 Å². The van der Waals surface area contributed by atoms with E-state index in [1.54, 1.807) is 6.08 Å². The summed E-state index contributed by atoms with van der Waals surface area (Å²) in [6.07, 6.45) is 11.6. The molecule has 23 heavy (non-hydrogen) atoms. The van der Waals surface area contributed by atoms with Gasteiger partial charge in [0, 0.05) is 17.0 Å². The van der Waals surface area contributed by atoms with Gasteiger partial charge in [-0.25, -0.2) is 0 Å². The predicted molar refractivity (Wildman–Crippen MR) is 97.5 cm³/mol. The summed E-state index contributed by atoms with van der Waals surface area (Å²) in [6, 6.07) is 12.4. The normalized spacial score (nSPS) is 24.3. The van der Waals surface area contributed by atoms with Crippen LogP contribution in [-0.2, 0) is 0 Å². The molecule has 0 bridgehead atoms. The summed E-state index contributed by atoms with van der Waals surface area (Å²) in [6.45, 7) is 0. The lowest BCUT2D eigenvalue weighted by molar-refractivity contribution is 0.667. The minimum Gasteiger partial charge on any atom is -0.398 e. The Labute approximate surface area is 135 Å². The fourth-order valence-electron chi connectivity index (χ4n) is 3.08. The highest BCUT2D eigenvalue weighted by molar-refractivity contribution is 6.50. The molecule has 2 aliphatic carbocycles. The third kappa shape index (κ3) is 2.30. The van der Waals surface area contributed by atoms with Crippen molar-refractivity contribution in [3.63, 3.8) is 0 Å². The zero-order valence-corrected chi connectivity index (χ0v) is 12.6. The average molecular weight is 299 g/mol. The molecule has 2 unspecified atom stereocenters. The summed E-state index contributed by atoms with van der Waals surface area (Å²) in [5.41, 5.74) is 9.53. The van der Waals surface area contributed by atoms with E-state index in [2.05, 4.69) is 36.4 Å². The van der Waals surface area contributed by atoms with Crippen molar-refractivity contribution < 1.29 is 0 Å². The maximum Gasteiger partial charge on any atom is 0.0831 e. The van der Waals surface area contributed by atoms with Crippen molar-refractivity contribution in [1.82, 2.24) is 0 Å². The number of hydrogen-bond acceptors (Lipinski definition) is 3. The Hall–Kier alpha value is -2.94. The lowest BCUT2D eigenvalue weighted by Crippen LogP contribution is -2.25. The molecule has 112 valence electrons. The Bertz CT molecular complexity index is 916. The molecule has 2 aromatic rings. The molecule has 3 nitrogen and oxygen atoms in total. The first-order valence-corrected chi connectivity index (χ1v) is 7.71. The van der Waals surface area contributed by atoms with Crippen molar-refractivity contribution in [2.45, 2.75) is 12.0 Å². The Morgan fingerprint density at radius 2 is 1.78 bits per heavy atom. The van der Waals surface area contributed by atoms with Crippen molar-refractivity contribution >= 4 is 27.9 Å². The van der Waals surface area contributed by atoms with Crippen molar-refractivity contribution in [3.05, 3.63) is 78.4 Å². The number of nitrogen functional groups attached to an aromatic ring is 1. The molecule has 0 radical (unpaired) electrons. The zero-order valence-electron chi connectivity index (χ0n) is 12.6. The van der Waals surface area contributed by atoms with Gasteiger partial charge in [-0.15, -0.1) is 0 Å². The van der Waals surface area contributed by atoms with E-state index >= 15 is 0 Å². The van der Waals surface area contributed by atoms with Gasteiger partial charge >= 0.3 is 0 Å². The Balaban J connectivity index is 1.70. The number of fused-ring (bicyclic) bond motifs is 1. The van der Waals surface area contributed by atoms with Crippen molar-refractivity contribution in [2.75, 3.05) is 5.73 Å². The maximum atomic E-state index is 7.94. The smallest absolute Gasteiger partial charge is 0.0831 e.